The maximum atomic E-state index is 12.2. The summed E-state index contributed by atoms with van der Waals surface area (Å²) in [4.78, 5) is -1.00. The summed E-state index contributed by atoms with van der Waals surface area (Å²) < 4.78 is 65.1. The third-order valence-corrected chi connectivity index (χ3v) is 5.68. The summed E-state index contributed by atoms with van der Waals surface area (Å²) in [5.41, 5.74) is 0.768. The Balaban J connectivity index is 0.00000240. The topological polar surface area (TPSA) is 171 Å². The summed E-state index contributed by atoms with van der Waals surface area (Å²) in [6, 6.07) is 9.62. The van der Waals surface area contributed by atoms with E-state index in [-0.39, 0.29) is 81.3 Å². The standard InChI is InChI=1S/C17H15N3O7S2.2Na/c1-18-15-7-6-13-14(8-12(9-16(13)21)29(25,26)27)17(15)20-19-10-2-4-11(5-3-10)28(22,23)24;;/h2-9,18,21H,1H3,(H,22,23,24)(H,25,26,27);;/q;2*+1/p-2. The van der Waals surface area contributed by atoms with Gasteiger partial charge in [-0.15, -0.1) is 5.11 Å². The van der Waals surface area contributed by atoms with Crippen molar-refractivity contribution in [3.63, 3.8) is 0 Å². The second-order valence-electron chi connectivity index (χ2n) is 5.85. The van der Waals surface area contributed by atoms with Gasteiger partial charge in [-0.3, -0.25) is 4.55 Å². The van der Waals surface area contributed by atoms with Gasteiger partial charge in [0, 0.05) is 12.4 Å². The van der Waals surface area contributed by atoms with Crippen molar-refractivity contribution >= 4 is 48.1 Å². The zero-order valence-corrected chi connectivity index (χ0v) is 22.4. The van der Waals surface area contributed by atoms with Crippen molar-refractivity contribution in [1.29, 1.82) is 0 Å². The van der Waals surface area contributed by atoms with Crippen LogP contribution in [0, 0.1) is 0 Å². The molecule has 0 saturated carbocycles. The Morgan fingerprint density at radius 1 is 0.871 bits per heavy atom. The van der Waals surface area contributed by atoms with E-state index in [9.17, 15) is 31.0 Å². The molecule has 0 unspecified atom stereocenters. The molecule has 0 aliphatic carbocycles. The Kier molecular flexibility index (Phi) is 9.66. The summed E-state index contributed by atoms with van der Waals surface area (Å²) in [6.45, 7) is 0. The van der Waals surface area contributed by atoms with E-state index < -0.39 is 35.8 Å². The van der Waals surface area contributed by atoms with Gasteiger partial charge in [0.25, 0.3) is 10.1 Å². The number of rotatable bonds is 5. The molecule has 0 amide bonds. The normalized spacial score (nSPS) is 11.7. The van der Waals surface area contributed by atoms with Crippen molar-refractivity contribution in [3.05, 3.63) is 48.5 Å². The van der Waals surface area contributed by atoms with E-state index in [1.54, 1.807) is 13.1 Å². The van der Waals surface area contributed by atoms with Crippen LogP contribution in [0.25, 0.3) is 10.8 Å². The summed E-state index contributed by atoms with van der Waals surface area (Å²) in [5, 5.41) is 23.4. The quantitative estimate of drug-likeness (QED) is 0.215. The van der Waals surface area contributed by atoms with E-state index in [1.807, 2.05) is 0 Å². The van der Waals surface area contributed by atoms with Gasteiger partial charge >= 0.3 is 59.1 Å². The first-order valence-electron chi connectivity index (χ1n) is 7.91. The second kappa shape index (κ2) is 10.7. The first kappa shape index (κ1) is 28.0. The molecule has 0 aliphatic heterocycles. The van der Waals surface area contributed by atoms with Crippen molar-refractivity contribution in [3.8, 4) is 5.75 Å². The Hall–Kier alpha value is -1.06. The number of fused-ring (bicyclic) bond motifs is 1. The van der Waals surface area contributed by atoms with E-state index >= 15 is 0 Å². The van der Waals surface area contributed by atoms with Crippen LogP contribution in [-0.4, -0.2) is 33.0 Å². The van der Waals surface area contributed by atoms with Crippen LogP contribution in [-0.2, 0) is 20.2 Å². The van der Waals surface area contributed by atoms with Gasteiger partial charge in [0.05, 0.1) is 21.2 Å². The first-order chi connectivity index (χ1) is 13.5. The molecule has 3 rings (SSSR count). The average Bonchev–Trinajstić information content (AvgIpc) is 2.64. The number of hydrogen-bond acceptors (Lipinski definition) is 9. The third-order valence-electron chi connectivity index (χ3n) is 4.00. The predicted molar refractivity (Wildman–Crippen MR) is 101 cm³/mol. The largest absolute Gasteiger partial charge is 1.00 e. The van der Waals surface area contributed by atoms with Gasteiger partial charge in [-0.1, -0.05) is 11.8 Å². The smallest absolute Gasteiger partial charge is 0.872 e. The Morgan fingerprint density at radius 3 is 2.00 bits per heavy atom. The minimum absolute atomic E-state index is 0. The number of nitrogens with one attached hydrogen (secondary N) is 1. The molecule has 0 spiro atoms. The van der Waals surface area contributed by atoms with E-state index in [1.165, 1.54) is 18.2 Å². The van der Waals surface area contributed by atoms with Crippen molar-refractivity contribution in [2.45, 2.75) is 9.79 Å². The van der Waals surface area contributed by atoms with Crippen LogP contribution in [0.2, 0.25) is 0 Å². The van der Waals surface area contributed by atoms with Gasteiger partial charge in [0.15, 0.2) is 0 Å². The predicted octanol–water partition coefficient (Wildman–Crippen LogP) is -3.47. The van der Waals surface area contributed by atoms with Crippen LogP contribution in [0.4, 0.5) is 17.1 Å². The molecule has 0 aliphatic rings. The van der Waals surface area contributed by atoms with Gasteiger partial charge in [-0.25, -0.2) is 8.42 Å². The van der Waals surface area contributed by atoms with E-state index in [2.05, 4.69) is 15.5 Å². The Morgan fingerprint density at radius 2 is 1.48 bits per heavy atom. The number of hydrogen-bond donors (Lipinski definition) is 2. The number of nitrogens with zero attached hydrogens (tertiary/aromatic N) is 2. The molecule has 0 saturated heterocycles. The fourth-order valence-electron chi connectivity index (χ4n) is 2.61. The molecule has 14 heteroatoms. The van der Waals surface area contributed by atoms with Gasteiger partial charge in [0.1, 0.15) is 15.8 Å². The minimum atomic E-state index is -4.62. The molecule has 31 heavy (non-hydrogen) atoms. The van der Waals surface area contributed by atoms with E-state index in [0.717, 1.165) is 24.3 Å². The number of anilines is 1. The maximum absolute atomic E-state index is 12.2. The molecule has 152 valence electrons. The molecule has 0 radical (unpaired) electrons. The molecule has 0 fully saturated rings. The van der Waals surface area contributed by atoms with E-state index in [0.29, 0.717) is 5.69 Å². The summed E-state index contributed by atoms with van der Waals surface area (Å²) in [7, 11) is -7.63. The number of benzene rings is 3. The van der Waals surface area contributed by atoms with Crippen molar-refractivity contribution in [2.75, 3.05) is 12.4 Å². The number of azo groups is 1. The molecule has 2 N–H and O–H groups in total. The fourth-order valence-corrected chi connectivity index (χ4v) is 3.60. The van der Waals surface area contributed by atoms with Gasteiger partial charge in [-0.2, -0.15) is 13.5 Å². The summed E-state index contributed by atoms with van der Waals surface area (Å²) in [5.74, 6) is -0.626. The summed E-state index contributed by atoms with van der Waals surface area (Å²) in [6.07, 6.45) is 0. The van der Waals surface area contributed by atoms with Crippen LogP contribution in [0.5, 0.6) is 5.75 Å². The molecule has 0 heterocycles. The first-order valence-corrected chi connectivity index (χ1v) is 10.8. The van der Waals surface area contributed by atoms with Crippen LogP contribution in [0.3, 0.4) is 0 Å². The van der Waals surface area contributed by atoms with Crippen LogP contribution in [0.15, 0.2) is 68.6 Å². The second-order valence-corrected chi connectivity index (χ2v) is 8.65. The maximum Gasteiger partial charge on any atom is 1.00 e. The van der Waals surface area contributed by atoms with Crippen LogP contribution in [0.1, 0.15) is 0 Å². The fraction of sp³-hybridized carbons (Fsp3) is 0.0588. The molecule has 10 nitrogen and oxygen atoms in total. The Bertz CT molecular complexity index is 1340. The zero-order valence-electron chi connectivity index (χ0n) is 16.7. The van der Waals surface area contributed by atoms with Gasteiger partial charge in [-0.05, 0) is 47.9 Å². The molecule has 0 aromatic heterocycles. The van der Waals surface area contributed by atoms with Gasteiger partial charge < -0.3 is 15.0 Å². The average molecular weight is 481 g/mol. The van der Waals surface area contributed by atoms with Crippen LogP contribution < -0.4 is 69.5 Å². The molecule has 0 atom stereocenters. The van der Waals surface area contributed by atoms with Crippen LogP contribution >= 0.6 is 0 Å². The third kappa shape index (κ3) is 6.48. The summed E-state index contributed by atoms with van der Waals surface area (Å²) >= 11 is 0. The van der Waals surface area contributed by atoms with Crippen molar-refractivity contribution < 1.29 is 90.2 Å². The zero-order chi connectivity index (χ0) is 21.4. The molecule has 0 bridgehead atoms. The molecular weight excluding hydrogens is 468 g/mol. The molecule has 3 aromatic carbocycles. The minimum Gasteiger partial charge on any atom is -0.872 e. The van der Waals surface area contributed by atoms with Crippen molar-refractivity contribution in [2.24, 2.45) is 10.2 Å². The molecule has 3 aromatic rings. The Labute approximate surface area is 222 Å². The monoisotopic (exact) mass is 481 g/mol. The van der Waals surface area contributed by atoms with Crippen molar-refractivity contribution in [1.82, 2.24) is 0 Å². The van der Waals surface area contributed by atoms with Gasteiger partial charge in [0.2, 0.25) is 0 Å². The van der Waals surface area contributed by atoms with E-state index in [4.69, 9.17) is 0 Å². The SMILES string of the molecule is CNc1ccc2c([O-])cc(S(=O)(=O)O)cc2c1N=Nc1ccc(S(=O)(=O)[O-])cc1.[Na+].[Na+]. The molecular formula is C17H13N3Na2O7S2.